The van der Waals surface area contributed by atoms with E-state index in [0.29, 0.717) is 13.2 Å². The molecule has 1 aliphatic rings. The van der Waals surface area contributed by atoms with Crippen LogP contribution in [0.1, 0.15) is 12.8 Å². The summed E-state index contributed by atoms with van der Waals surface area (Å²) in [4.78, 5) is 3.80. The molecule has 0 saturated carbocycles. The van der Waals surface area contributed by atoms with E-state index in [-0.39, 0.29) is 16.1 Å². The molecular formula is C10H16ClN3O3S. The van der Waals surface area contributed by atoms with Crippen molar-refractivity contribution in [1.29, 1.82) is 0 Å². The van der Waals surface area contributed by atoms with Crippen LogP contribution in [0.4, 0.5) is 0 Å². The highest BCUT2D eigenvalue weighted by molar-refractivity contribution is 7.89. The summed E-state index contributed by atoms with van der Waals surface area (Å²) in [5.74, 6) is 0.219. The van der Waals surface area contributed by atoms with Crippen molar-refractivity contribution in [3.8, 4) is 0 Å². The maximum atomic E-state index is 12.0. The minimum absolute atomic E-state index is 0.113. The lowest BCUT2D eigenvalue weighted by Crippen LogP contribution is -2.33. The Labute approximate surface area is 111 Å². The lowest BCUT2D eigenvalue weighted by molar-refractivity contribution is 0.0568. The van der Waals surface area contributed by atoms with Crippen molar-refractivity contribution in [1.82, 2.24) is 14.3 Å². The highest BCUT2D eigenvalue weighted by atomic mass is 35.5. The Morgan fingerprint density at radius 1 is 1.67 bits per heavy atom. The Hall–Kier alpha value is -0.630. The van der Waals surface area contributed by atoms with Gasteiger partial charge in [0.25, 0.3) is 10.0 Å². The third kappa shape index (κ3) is 3.03. The van der Waals surface area contributed by atoms with Crippen LogP contribution in [0.5, 0.6) is 0 Å². The van der Waals surface area contributed by atoms with Gasteiger partial charge >= 0.3 is 0 Å². The Morgan fingerprint density at radius 2 is 2.44 bits per heavy atom. The second kappa shape index (κ2) is 5.56. The average Bonchev–Trinajstić information content (AvgIpc) is 2.70. The quantitative estimate of drug-likeness (QED) is 0.890. The minimum Gasteiger partial charge on any atom is -0.381 e. The maximum Gasteiger partial charge on any atom is 0.261 e. The molecule has 102 valence electrons. The van der Waals surface area contributed by atoms with Crippen molar-refractivity contribution in [3.05, 3.63) is 11.5 Å². The third-order valence-electron chi connectivity index (χ3n) is 2.91. The molecule has 2 heterocycles. The van der Waals surface area contributed by atoms with Gasteiger partial charge in [0.1, 0.15) is 5.15 Å². The van der Waals surface area contributed by atoms with Crippen LogP contribution in [-0.2, 0) is 21.8 Å². The summed E-state index contributed by atoms with van der Waals surface area (Å²) < 4.78 is 33.3. The van der Waals surface area contributed by atoms with E-state index in [1.807, 2.05) is 0 Å². The molecule has 2 rings (SSSR count). The fourth-order valence-corrected chi connectivity index (χ4v) is 3.38. The predicted molar refractivity (Wildman–Crippen MR) is 66.9 cm³/mol. The Morgan fingerprint density at radius 3 is 3.00 bits per heavy atom. The number of nitrogens with zero attached hydrogens (tertiary/aromatic N) is 2. The highest BCUT2D eigenvalue weighted by Crippen LogP contribution is 2.19. The molecule has 0 radical (unpaired) electrons. The molecule has 1 saturated heterocycles. The van der Waals surface area contributed by atoms with Gasteiger partial charge in [-0.3, -0.25) is 0 Å². The van der Waals surface area contributed by atoms with E-state index in [4.69, 9.17) is 16.3 Å². The first-order valence-electron chi connectivity index (χ1n) is 5.75. The topological polar surface area (TPSA) is 73.2 Å². The maximum absolute atomic E-state index is 12.0. The highest BCUT2D eigenvalue weighted by Gasteiger charge is 2.24. The van der Waals surface area contributed by atoms with Gasteiger partial charge in [-0.15, -0.1) is 0 Å². The standard InChI is InChI=1S/C10H16ClN3O3S/c1-14-7-12-10(9(14)11)18(15,16)13-5-8-3-2-4-17-6-8/h7-8,13H,2-6H2,1H3. The molecule has 0 spiro atoms. The van der Waals surface area contributed by atoms with Crippen molar-refractivity contribution in [2.75, 3.05) is 19.8 Å². The van der Waals surface area contributed by atoms with Crippen molar-refractivity contribution in [2.24, 2.45) is 13.0 Å². The minimum atomic E-state index is -3.64. The van der Waals surface area contributed by atoms with Gasteiger partial charge in [-0.05, 0) is 18.8 Å². The third-order valence-corrected chi connectivity index (χ3v) is 4.82. The monoisotopic (exact) mass is 293 g/mol. The molecule has 0 amide bonds. The van der Waals surface area contributed by atoms with E-state index in [2.05, 4.69) is 9.71 Å². The molecule has 0 bridgehead atoms. The number of ether oxygens (including phenoxy) is 1. The largest absolute Gasteiger partial charge is 0.381 e. The first kappa shape index (κ1) is 13.8. The van der Waals surface area contributed by atoms with Gasteiger partial charge in [0, 0.05) is 20.2 Å². The van der Waals surface area contributed by atoms with Crippen LogP contribution in [-0.4, -0.2) is 37.7 Å². The Bertz CT molecular complexity index is 508. The number of sulfonamides is 1. The summed E-state index contributed by atoms with van der Waals surface area (Å²) in [5.41, 5.74) is 0. The molecule has 1 fully saturated rings. The van der Waals surface area contributed by atoms with Gasteiger partial charge in [-0.1, -0.05) is 11.6 Å². The van der Waals surface area contributed by atoms with Crippen LogP contribution in [0.25, 0.3) is 0 Å². The van der Waals surface area contributed by atoms with E-state index < -0.39 is 10.0 Å². The van der Waals surface area contributed by atoms with E-state index in [1.54, 1.807) is 7.05 Å². The number of halogens is 1. The summed E-state index contributed by atoms with van der Waals surface area (Å²) in [7, 11) is -2.00. The molecule has 1 atom stereocenters. The van der Waals surface area contributed by atoms with Gasteiger partial charge in [0.2, 0.25) is 5.03 Å². The van der Waals surface area contributed by atoms with Gasteiger partial charge < -0.3 is 9.30 Å². The van der Waals surface area contributed by atoms with Crippen LogP contribution in [0.15, 0.2) is 11.4 Å². The number of aryl methyl sites for hydroxylation is 1. The van der Waals surface area contributed by atoms with Gasteiger partial charge in [-0.25, -0.2) is 18.1 Å². The van der Waals surface area contributed by atoms with Crippen LogP contribution in [0.3, 0.4) is 0 Å². The SMILES string of the molecule is Cn1cnc(S(=O)(=O)NCC2CCCOC2)c1Cl. The van der Waals surface area contributed by atoms with Gasteiger partial charge in [0.05, 0.1) is 12.9 Å². The van der Waals surface area contributed by atoms with Crippen LogP contribution in [0, 0.1) is 5.92 Å². The van der Waals surface area contributed by atoms with Crippen LogP contribution >= 0.6 is 11.6 Å². The predicted octanol–water partition coefficient (Wildman–Crippen LogP) is 0.778. The summed E-state index contributed by atoms with van der Waals surface area (Å²) >= 11 is 5.87. The van der Waals surface area contributed by atoms with E-state index in [9.17, 15) is 8.42 Å². The number of rotatable bonds is 4. The van der Waals surface area contributed by atoms with Crippen LogP contribution < -0.4 is 4.72 Å². The zero-order valence-corrected chi connectivity index (χ0v) is 11.7. The molecule has 0 aliphatic carbocycles. The Kier molecular flexibility index (Phi) is 4.26. The van der Waals surface area contributed by atoms with E-state index in [0.717, 1.165) is 19.4 Å². The zero-order valence-electron chi connectivity index (χ0n) is 10.1. The molecule has 1 aliphatic heterocycles. The first-order chi connectivity index (χ1) is 8.50. The number of imidazole rings is 1. The number of hydrogen-bond donors (Lipinski definition) is 1. The van der Waals surface area contributed by atoms with Crippen molar-refractivity contribution < 1.29 is 13.2 Å². The summed E-state index contributed by atoms with van der Waals surface area (Å²) in [5, 5.41) is -0.00853. The summed E-state index contributed by atoms with van der Waals surface area (Å²) in [6, 6.07) is 0. The van der Waals surface area contributed by atoms with Gasteiger partial charge in [0.15, 0.2) is 0 Å². The lowest BCUT2D eigenvalue weighted by atomic mass is 10.0. The average molecular weight is 294 g/mol. The molecule has 6 nitrogen and oxygen atoms in total. The van der Waals surface area contributed by atoms with Crippen molar-refractivity contribution in [2.45, 2.75) is 17.9 Å². The van der Waals surface area contributed by atoms with E-state index >= 15 is 0 Å². The molecule has 0 aromatic carbocycles. The molecule has 8 heteroatoms. The molecule has 1 aromatic heterocycles. The summed E-state index contributed by atoms with van der Waals surface area (Å²) in [6.07, 6.45) is 3.32. The molecule has 1 unspecified atom stereocenters. The first-order valence-corrected chi connectivity index (χ1v) is 7.61. The lowest BCUT2D eigenvalue weighted by Gasteiger charge is -2.21. The van der Waals surface area contributed by atoms with E-state index in [1.165, 1.54) is 10.9 Å². The Balaban J connectivity index is 2.01. The van der Waals surface area contributed by atoms with Crippen LogP contribution in [0.2, 0.25) is 5.15 Å². The number of hydrogen-bond acceptors (Lipinski definition) is 4. The van der Waals surface area contributed by atoms with Crippen molar-refractivity contribution >= 4 is 21.6 Å². The molecule has 1 N–H and O–H groups in total. The van der Waals surface area contributed by atoms with Gasteiger partial charge in [-0.2, -0.15) is 0 Å². The second-order valence-corrected chi connectivity index (χ2v) is 6.43. The molecule has 1 aromatic rings. The number of aromatic nitrogens is 2. The fourth-order valence-electron chi connectivity index (χ4n) is 1.84. The zero-order chi connectivity index (χ0) is 13.2. The normalized spacial score (nSPS) is 21.1. The molecule has 18 heavy (non-hydrogen) atoms. The summed E-state index contributed by atoms with van der Waals surface area (Å²) in [6.45, 7) is 1.71. The number of nitrogens with one attached hydrogen (secondary N) is 1. The second-order valence-electron chi connectivity index (χ2n) is 4.39. The van der Waals surface area contributed by atoms with Crippen molar-refractivity contribution in [3.63, 3.8) is 0 Å². The smallest absolute Gasteiger partial charge is 0.261 e. The molecular weight excluding hydrogens is 278 g/mol. The fraction of sp³-hybridized carbons (Fsp3) is 0.700.